The van der Waals surface area contributed by atoms with Crippen LogP contribution in [0.15, 0.2) is 41.3 Å². The summed E-state index contributed by atoms with van der Waals surface area (Å²) in [5.74, 6) is -1.53. The van der Waals surface area contributed by atoms with Gasteiger partial charge in [-0.2, -0.15) is 0 Å². The second-order valence-corrected chi connectivity index (χ2v) is 9.38. The zero-order valence-corrected chi connectivity index (χ0v) is 17.5. The quantitative estimate of drug-likeness (QED) is 0.581. The van der Waals surface area contributed by atoms with Crippen molar-refractivity contribution in [2.45, 2.75) is 15.3 Å². The van der Waals surface area contributed by atoms with E-state index in [-0.39, 0.29) is 31.8 Å². The van der Waals surface area contributed by atoms with Gasteiger partial charge in [0.25, 0.3) is 5.91 Å². The number of halogens is 4. The predicted molar refractivity (Wildman–Crippen MR) is 108 cm³/mol. The SMILES string of the molecule is N=C1N(C(=O)C(Cl)Cl)c2ccc(Cl)cc2C1(O)c1cc(S(N)(=O)=O)ccc1Cl. The van der Waals surface area contributed by atoms with Gasteiger partial charge in [0, 0.05) is 21.2 Å². The number of sulfonamides is 1. The zero-order valence-electron chi connectivity index (χ0n) is 13.7. The van der Waals surface area contributed by atoms with Crippen molar-refractivity contribution in [2.75, 3.05) is 4.90 Å². The van der Waals surface area contributed by atoms with E-state index < -0.39 is 32.2 Å². The Hall–Kier alpha value is -1.39. The summed E-state index contributed by atoms with van der Waals surface area (Å²) in [6, 6.07) is 7.57. The van der Waals surface area contributed by atoms with E-state index in [1.165, 1.54) is 24.3 Å². The van der Waals surface area contributed by atoms with Gasteiger partial charge in [-0.25, -0.2) is 13.6 Å². The molecule has 0 fully saturated rings. The van der Waals surface area contributed by atoms with Crippen molar-refractivity contribution in [1.29, 1.82) is 5.41 Å². The molecule has 3 rings (SSSR count). The summed E-state index contributed by atoms with van der Waals surface area (Å²) in [5.41, 5.74) is -2.35. The van der Waals surface area contributed by atoms with E-state index in [0.29, 0.717) is 0 Å². The Morgan fingerprint density at radius 2 is 1.79 bits per heavy atom. The van der Waals surface area contributed by atoms with E-state index in [1.54, 1.807) is 0 Å². The number of alkyl halides is 2. The highest BCUT2D eigenvalue weighted by Gasteiger charge is 2.52. The van der Waals surface area contributed by atoms with Crippen molar-refractivity contribution < 1.29 is 18.3 Å². The smallest absolute Gasteiger partial charge is 0.265 e. The average Bonchev–Trinajstić information content (AvgIpc) is 2.82. The van der Waals surface area contributed by atoms with Crippen LogP contribution in [0.4, 0.5) is 5.69 Å². The fourth-order valence-electron chi connectivity index (χ4n) is 2.96. The summed E-state index contributed by atoms with van der Waals surface area (Å²) in [6.45, 7) is 0. The molecule has 1 atom stereocenters. The van der Waals surface area contributed by atoms with Crippen LogP contribution in [0.1, 0.15) is 11.1 Å². The van der Waals surface area contributed by atoms with Crippen molar-refractivity contribution in [1.82, 2.24) is 0 Å². The molecular weight excluding hydrogens is 472 g/mol. The van der Waals surface area contributed by atoms with Crippen LogP contribution in [0.5, 0.6) is 0 Å². The minimum Gasteiger partial charge on any atom is -0.373 e. The number of nitrogens with one attached hydrogen (secondary N) is 1. The van der Waals surface area contributed by atoms with Gasteiger partial charge in [-0.1, -0.05) is 46.4 Å². The minimum atomic E-state index is -4.13. The number of hydrogen-bond acceptors (Lipinski definition) is 5. The molecule has 0 aromatic heterocycles. The molecule has 0 saturated carbocycles. The molecule has 1 unspecified atom stereocenters. The molecule has 0 saturated heterocycles. The Morgan fingerprint density at radius 3 is 2.36 bits per heavy atom. The molecule has 1 aliphatic heterocycles. The van der Waals surface area contributed by atoms with Crippen LogP contribution >= 0.6 is 46.4 Å². The highest BCUT2D eigenvalue weighted by atomic mass is 35.5. The number of nitrogens with two attached hydrogens (primary N) is 1. The van der Waals surface area contributed by atoms with Crippen molar-refractivity contribution in [2.24, 2.45) is 5.14 Å². The van der Waals surface area contributed by atoms with Gasteiger partial charge in [0.15, 0.2) is 10.4 Å². The number of anilines is 1. The number of carbonyl (C=O) groups excluding carboxylic acids is 1. The summed E-state index contributed by atoms with van der Waals surface area (Å²) in [7, 11) is -4.13. The summed E-state index contributed by atoms with van der Waals surface area (Å²) in [5, 5.41) is 25.3. The molecular formula is C16H11Cl4N3O4S. The third-order valence-electron chi connectivity index (χ3n) is 4.22. The number of nitrogens with zero attached hydrogens (tertiary/aromatic N) is 1. The molecule has 0 spiro atoms. The van der Waals surface area contributed by atoms with Gasteiger partial charge in [0.05, 0.1) is 10.6 Å². The summed E-state index contributed by atoms with van der Waals surface area (Å²) in [6.07, 6.45) is 0. The third kappa shape index (κ3) is 3.29. The van der Waals surface area contributed by atoms with E-state index in [4.69, 9.17) is 57.0 Å². The van der Waals surface area contributed by atoms with Crippen LogP contribution in [0.2, 0.25) is 10.0 Å². The molecule has 28 heavy (non-hydrogen) atoms. The zero-order chi connectivity index (χ0) is 21.0. The first kappa shape index (κ1) is 21.3. The standard InChI is InChI=1S/C16H11Cl4N3O4S/c17-7-1-4-12-10(5-7)16(25,15(21)23(12)14(24)13(19)20)9-6-8(28(22,26)27)2-3-11(9)18/h1-6,13,21,25H,(H2,22,26,27). The monoisotopic (exact) mass is 481 g/mol. The number of amides is 1. The highest BCUT2D eigenvalue weighted by Crippen LogP contribution is 2.48. The van der Waals surface area contributed by atoms with Crippen LogP contribution in [0, 0.1) is 5.41 Å². The third-order valence-corrected chi connectivity index (χ3v) is 6.07. The molecule has 12 heteroatoms. The number of primary sulfonamides is 1. The van der Waals surface area contributed by atoms with Gasteiger partial charge >= 0.3 is 0 Å². The molecule has 4 N–H and O–H groups in total. The number of rotatable bonds is 3. The van der Waals surface area contributed by atoms with Gasteiger partial charge in [-0.3, -0.25) is 15.1 Å². The molecule has 0 bridgehead atoms. The molecule has 1 amide bonds. The van der Waals surface area contributed by atoms with Crippen molar-refractivity contribution in [3.63, 3.8) is 0 Å². The highest BCUT2D eigenvalue weighted by molar-refractivity contribution is 7.89. The topological polar surface area (TPSA) is 125 Å². The molecule has 1 heterocycles. The van der Waals surface area contributed by atoms with Crippen LogP contribution in [0.3, 0.4) is 0 Å². The number of amidine groups is 1. The number of benzene rings is 2. The first-order chi connectivity index (χ1) is 12.9. The molecule has 2 aromatic rings. The normalized spacial score (nSPS) is 19.2. The van der Waals surface area contributed by atoms with Crippen LogP contribution in [-0.2, 0) is 20.4 Å². The number of carbonyl (C=O) groups is 1. The van der Waals surface area contributed by atoms with E-state index in [2.05, 4.69) is 0 Å². The Bertz CT molecular complexity index is 1120. The lowest BCUT2D eigenvalue weighted by Gasteiger charge is -2.27. The lowest BCUT2D eigenvalue weighted by atomic mass is 9.87. The molecule has 0 aliphatic carbocycles. The van der Waals surface area contributed by atoms with Crippen LogP contribution in [-0.4, -0.2) is 30.1 Å². The maximum atomic E-state index is 12.5. The maximum Gasteiger partial charge on any atom is 0.265 e. The first-order valence-corrected chi connectivity index (χ1v) is 10.6. The van der Waals surface area contributed by atoms with Crippen LogP contribution in [0.25, 0.3) is 0 Å². The minimum absolute atomic E-state index is 0.0285. The second-order valence-electron chi connectivity index (χ2n) is 5.88. The summed E-state index contributed by atoms with van der Waals surface area (Å²) < 4.78 is 23.5. The average molecular weight is 483 g/mol. The molecule has 2 aromatic carbocycles. The lowest BCUT2D eigenvalue weighted by Crippen LogP contribution is -2.45. The number of aliphatic hydroxyl groups is 1. The summed E-state index contributed by atoms with van der Waals surface area (Å²) >= 11 is 23.6. The van der Waals surface area contributed by atoms with E-state index in [9.17, 15) is 18.3 Å². The molecule has 0 radical (unpaired) electrons. The summed E-state index contributed by atoms with van der Waals surface area (Å²) in [4.78, 5) is 11.4. The van der Waals surface area contributed by atoms with Gasteiger partial charge in [-0.15, -0.1) is 0 Å². The van der Waals surface area contributed by atoms with E-state index in [1.807, 2.05) is 0 Å². The number of hydrogen-bond donors (Lipinski definition) is 3. The lowest BCUT2D eigenvalue weighted by molar-refractivity contribution is -0.116. The molecule has 7 nitrogen and oxygen atoms in total. The van der Waals surface area contributed by atoms with Gasteiger partial charge in [-0.05, 0) is 36.4 Å². The predicted octanol–water partition coefficient (Wildman–Crippen LogP) is 3.00. The van der Waals surface area contributed by atoms with Crippen molar-refractivity contribution in [3.8, 4) is 0 Å². The van der Waals surface area contributed by atoms with Crippen molar-refractivity contribution >= 4 is 73.9 Å². The van der Waals surface area contributed by atoms with Gasteiger partial charge in [0.1, 0.15) is 5.84 Å². The van der Waals surface area contributed by atoms with Crippen molar-refractivity contribution in [3.05, 3.63) is 57.6 Å². The first-order valence-electron chi connectivity index (χ1n) is 7.45. The Morgan fingerprint density at radius 1 is 1.14 bits per heavy atom. The van der Waals surface area contributed by atoms with Gasteiger partial charge < -0.3 is 5.11 Å². The fraction of sp³-hybridized carbons (Fsp3) is 0.125. The molecule has 1 aliphatic rings. The maximum absolute atomic E-state index is 12.5. The van der Waals surface area contributed by atoms with E-state index >= 15 is 0 Å². The van der Waals surface area contributed by atoms with Crippen LogP contribution < -0.4 is 10.0 Å². The number of fused-ring (bicyclic) bond motifs is 1. The fourth-order valence-corrected chi connectivity index (χ4v) is 4.12. The largest absolute Gasteiger partial charge is 0.373 e. The Labute approximate surface area is 180 Å². The van der Waals surface area contributed by atoms with Gasteiger partial charge in [0.2, 0.25) is 10.0 Å². The molecule has 148 valence electrons. The van der Waals surface area contributed by atoms with E-state index in [0.717, 1.165) is 17.0 Å². The Balaban J connectivity index is 2.34. The second kappa shape index (κ2) is 7.14. The Kier molecular flexibility index (Phi) is 5.44.